The van der Waals surface area contributed by atoms with E-state index in [1.54, 1.807) is 19.9 Å². The Kier molecular flexibility index (Phi) is 3.19. The smallest absolute Gasteiger partial charge is 0.168 e. The zero-order chi connectivity index (χ0) is 11.6. The molecule has 3 N–H and O–H groups in total. The van der Waals surface area contributed by atoms with Crippen LogP contribution >= 0.6 is 0 Å². The molecule has 3 nitrogen and oxygen atoms in total. The van der Waals surface area contributed by atoms with E-state index < -0.39 is 17.1 Å². The Morgan fingerprint density at radius 1 is 1.47 bits per heavy atom. The fourth-order valence-corrected chi connectivity index (χ4v) is 1.38. The van der Waals surface area contributed by atoms with E-state index in [9.17, 15) is 9.50 Å². The number of benzene rings is 1. The Bertz CT molecular complexity index is 358. The molecule has 84 valence electrons. The summed E-state index contributed by atoms with van der Waals surface area (Å²) < 4.78 is 18.4. The molecule has 1 aromatic carbocycles. The molecular formula is C11H16FNO2. The van der Waals surface area contributed by atoms with E-state index in [-0.39, 0.29) is 0 Å². The Morgan fingerprint density at radius 3 is 2.53 bits per heavy atom. The molecule has 0 aliphatic carbocycles. The van der Waals surface area contributed by atoms with Crippen LogP contribution < -0.4 is 10.5 Å². The molecule has 0 saturated heterocycles. The molecule has 0 unspecified atom stereocenters. The molecule has 0 aliphatic heterocycles. The van der Waals surface area contributed by atoms with Gasteiger partial charge in [0.2, 0.25) is 0 Å². The average molecular weight is 213 g/mol. The van der Waals surface area contributed by atoms with Crippen molar-refractivity contribution in [3.8, 4) is 11.5 Å². The average Bonchev–Trinajstić information content (AvgIpc) is 2.10. The van der Waals surface area contributed by atoms with Gasteiger partial charge in [0.05, 0.1) is 7.11 Å². The molecule has 1 aromatic rings. The van der Waals surface area contributed by atoms with Crippen molar-refractivity contribution in [1.29, 1.82) is 0 Å². The highest BCUT2D eigenvalue weighted by Gasteiger charge is 2.18. The van der Waals surface area contributed by atoms with Crippen molar-refractivity contribution in [3.05, 3.63) is 23.5 Å². The van der Waals surface area contributed by atoms with Gasteiger partial charge >= 0.3 is 0 Å². The molecule has 0 radical (unpaired) electrons. The lowest BCUT2D eigenvalue weighted by Gasteiger charge is -2.19. The Morgan fingerprint density at radius 2 is 2.07 bits per heavy atom. The number of halogens is 1. The third kappa shape index (κ3) is 3.09. The summed E-state index contributed by atoms with van der Waals surface area (Å²) in [7, 11) is 1.46. The van der Waals surface area contributed by atoms with Gasteiger partial charge in [-0.25, -0.2) is 4.39 Å². The maximum Gasteiger partial charge on any atom is 0.168 e. The van der Waals surface area contributed by atoms with E-state index in [1.165, 1.54) is 13.2 Å². The number of methoxy groups -OCH3 is 1. The highest BCUT2D eigenvalue weighted by Crippen LogP contribution is 2.28. The molecule has 0 atom stereocenters. The van der Waals surface area contributed by atoms with E-state index in [1.807, 2.05) is 0 Å². The van der Waals surface area contributed by atoms with Crippen molar-refractivity contribution in [2.24, 2.45) is 5.73 Å². The van der Waals surface area contributed by atoms with Gasteiger partial charge in [0.15, 0.2) is 11.6 Å². The normalized spacial score (nSPS) is 11.5. The van der Waals surface area contributed by atoms with E-state index in [2.05, 4.69) is 0 Å². The number of ether oxygens (including phenoxy) is 1. The molecule has 4 heteroatoms. The summed E-state index contributed by atoms with van der Waals surface area (Å²) in [5.74, 6) is -0.615. The van der Waals surface area contributed by atoms with Crippen LogP contribution in [-0.2, 0) is 6.42 Å². The second-order valence-electron chi connectivity index (χ2n) is 4.28. The van der Waals surface area contributed by atoms with E-state index in [0.29, 0.717) is 17.7 Å². The van der Waals surface area contributed by atoms with E-state index >= 15 is 0 Å². The number of phenols is 1. The van der Waals surface area contributed by atoms with Gasteiger partial charge in [-0.05, 0) is 31.9 Å². The van der Waals surface area contributed by atoms with Crippen molar-refractivity contribution in [2.75, 3.05) is 7.11 Å². The molecule has 0 bridgehead atoms. The van der Waals surface area contributed by atoms with Crippen LogP contribution in [0.5, 0.6) is 11.5 Å². The van der Waals surface area contributed by atoms with Gasteiger partial charge in [-0.2, -0.15) is 0 Å². The van der Waals surface area contributed by atoms with Crippen LogP contribution in [0.2, 0.25) is 0 Å². The molecular weight excluding hydrogens is 197 g/mol. The van der Waals surface area contributed by atoms with Crippen LogP contribution in [0.1, 0.15) is 19.4 Å². The van der Waals surface area contributed by atoms with Crippen molar-refractivity contribution in [1.82, 2.24) is 0 Å². The van der Waals surface area contributed by atoms with Crippen LogP contribution in [0.3, 0.4) is 0 Å². The van der Waals surface area contributed by atoms with Gasteiger partial charge in [-0.15, -0.1) is 0 Å². The summed E-state index contributed by atoms with van der Waals surface area (Å²) in [5.41, 5.74) is 5.62. The van der Waals surface area contributed by atoms with Crippen molar-refractivity contribution >= 4 is 0 Å². The van der Waals surface area contributed by atoms with Gasteiger partial charge < -0.3 is 15.6 Å². The SMILES string of the molecule is COc1cc(O)c(F)c(CC(C)(C)N)c1. The largest absolute Gasteiger partial charge is 0.505 e. The Balaban J connectivity index is 3.11. The summed E-state index contributed by atoms with van der Waals surface area (Å²) in [4.78, 5) is 0. The second kappa shape index (κ2) is 4.06. The van der Waals surface area contributed by atoms with Gasteiger partial charge in [-0.3, -0.25) is 0 Å². The highest BCUT2D eigenvalue weighted by molar-refractivity contribution is 5.39. The fourth-order valence-electron chi connectivity index (χ4n) is 1.38. The summed E-state index contributed by atoms with van der Waals surface area (Å²) in [6, 6.07) is 2.78. The fraction of sp³-hybridized carbons (Fsp3) is 0.455. The minimum Gasteiger partial charge on any atom is -0.505 e. The minimum atomic E-state index is -0.630. The van der Waals surface area contributed by atoms with Gasteiger partial charge in [0, 0.05) is 11.6 Å². The molecule has 0 spiro atoms. The quantitative estimate of drug-likeness (QED) is 0.805. The maximum atomic E-state index is 13.5. The predicted octanol–water partition coefficient (Wildman–Crippen LogP) is 1.82. The first kappa shape index (κ1) is 11.8. The topological polar surface area (TPSA) is 55.5 Å². The van der Waals surface area contributed by atoms with Crippen LogP contribution in [0, 0.1) is 5.82 Å². The minimum absolute atomic E-state index is 0.337. The molecule has 0 heterocycles. The van der Waals surface area contributed by atoms with E-state index in [0.717, 1.165) is 0 Å². The first-order valence-electron chi connectivity index (χ1n) is 4.68. The maximum absolute atomic E-state index is 13.5. The van der Waals surface area contributed by atoms with Crippen LogP contribution in [0.15, 0.2) is 12.1 Å². The predicted molar refractivity (Wildman–Crippen MR) is 56.6 cm³/mol. The van der Waals surface area contributed by atoms with Crippen LogP contribution in [0.25, 0.3) is 0 Å². The van der Waals surface area contributed by atoms with Crippen molar-refractivity contribution in [3.63, 3.8) is 0 Å². The lowest BCUT2D eigenvalue weighted by Crippen LogP contribution is -2.34. The first-order chi connectivity index (χ1) is 6.83. The van der Waals surface area contributed by atoms with Crippen molar-refractivity contribution in [2.45, 2.75) is 25.8 Å². The summed E-state index contributed by atoms with van der Waals surface area (Å²) in [5, 5.41) is 9.31. The zero-order valence-electron chi connectivity index (χ0n) is 9.17. The van der Waals surface area contributed by atoms with Gasteiger partial charge in [0.1, 0.15) is 5.75 Å². The standard InChI is InChI=1S/C11H16FNO2/c1-11(2,13)6-7-4-8(15-3)5-9(14)10(7)12/h4-5,14H,6,13H2,1-3H3. The number of rotatable bonds is 3. The Labute approximate surface area is 88.7 Å². The second-order valence-corrected chi connectivity index (χ2v) is 4.28. The first-order valence-corrected chi connectivity index (χ1v) is 4.68. The molecule has 0 aromatic heterocycles. The molecule has 0 fully saturated rings. The van der Waals surface area contributed by atoms with E-state index in [4.69, 9.17) is 10.5 Å². The summed E-state index contributed by atoms with van der Waals surface area (Å²) >= 11 is 0. The molecule has 0 aliphatic rings. The van der Waals surface area contributed by atoms with Gasteiger partial charge in [0.25, 0.3) is 0 Å². The number of phenolic OH excluding ortho intramolecular Hbond substituents is 1. The number of hydrogen-bond donors (Lipinski definition) is 2. The third-order valence-electron chi connectivity index (χ3n) is 1.98. The lowest BCUT2D eigenvalue weighted by atomic mass is 9.95. The lowest BCUT2D eigenvalue weighted by molar-refractivity contribution is 0.390. The zero-order valence-corrected chi connectivity index (χ0v) is 9.17. The Hall–Kier alpha value is -1.29. The molecule has 0 amide bonds. The molecule has 1 rings (SSSR count). The summed E-state index contributed by atoms with van der Waals surface area (Å²) in [6.45, 7) is 3.59. The highest BCUT2D eigenvalue weighted by atomic mass is 19.1. The van der Waals surface area contributed by atoms with Crippen molar-refractivity contribution < 1.29 is 14.2 Å². The summed E-state index contributed by atoms with van der Waals surface area (Å²) in [6.07, 6.45) is 0.337. The van der Waals surface area contributed by atoms with Gasteiger partial charge in [-0.1, -0.05) is 0 Å². The number of aromatic hydroxyl groups is 1. The molecule has 15 heavy (non-hydrogen) atoms. The van der Waals surface area contributed by atoms with Crippen LogP contribution in [-0.4, -0.2) is 17.8 Å². The van der Waals surface area contributed by atoms with Crippen LogP contribution in [0.4, 0.5) is 4.39 Å². The third-order valence-corrected chi connectivity index (χ3v) is 1.98. The monoisotopic (exact) mass is 213 g/mol. The number of hydrogen-bond acceptors (Lipinski definition) is 3. The number of nitrogens with two attached hydrogens (primary N) is 1. The molecule has 0 saturated carbocycles.